The average molecular weight is 370 g/mol. The van der Waals surface area contributed by atoms with Gasteiger partial charge in [0.05, 0.1) is 4.47 Å². The van der Waals surface area contributed by atoms with Gasteiger partial charge in [-0.05, 0) is 40.5 Å². The lowest BCUT2D eigenvalue weighted by Gasteiger charge is -2.09. The van der Waals surface area contributed by atoms with E-state index in [1.165, 1.54) is 0 Å². The number of rotatable bonds is 4. The predicted octanol–water partition coefficient (Wildman–Crippen LogP) is 2.89. The van der Waals surface area contributed by atoms with E-state index in [4.69, 9.17) is 11.6 Å². The van der Waals surface area contributed by atoms with Gasteiger partial charge in [-0.15, -0.1) is 0 Å². The highest BCUT2D eigenvalue weighted by Gasteiger charge is 2.06. The number of amides is 1. The number of nitrogens with one attached hydrogen (secondary N) is 1. The molecule has 6 heteroatoms. The predicted molar refractivity (Wildman–Crippen MR) is 86.4 cm³/mol. The number of carbonyl (C=O) groups is 1. The summed E-state index contributed by atoms with van der Waals surface area (Å²) in [6, 6.07) is 7.33. The largest absolute Gasteiger partial charge is 0.350 e. The Kier molecular flexibility index (Phi) is 5.20. The van der Waals surface area contributed by atoms with Gasteiger partial charge in [0, 0.05) is 29.5 Å². The molecule has 1 aromatic carbocycles. The third-order valence-corrected chi connectivity index (χ3v) is 3.72. The molecule has 2 rings (SSSR count). The van der Waals surface area contributed by atoms with Crippen molar-refractivity contribution in [1.29, 1.82) is 0 Å². The molecule has 110 valence electrons. The fourth-order valence-corrected chi connectivity index (χ4v) is 2.69. The van der Waals surface area contributed by atoms with Gasteiger partial charge in [-0.1, -0.05) is 23.7 Å². The van der Waals surface area contributed by atoms with Gasteiger partial charge in [-0.2, -0.15) is 0 Å². The van der Waals surface area contributed by atoms with Gasteiger partial charge in [0.1, 0.15) is 6.54 Å². The first-order valence-electron chi connectivity index (χ1n) is 6.33. The molecular formula is C15H14BrClN2O2. The minimum absolute atomic E-state index is 0.0643. The summed E-state index contributed by atoms with van der Waals surface area (Å²) in [6.45, 7) is 2.29. The van der Waals surface area contributed by atoms with Crippen LogP contribution < -0.4 is 10.7 Å². The van der Waals surface area contributed by atoms with E-state index in [-0.39, 0.29) is 17.9 Å². The Morgan fingerprint density at radius 3 is 2.81 bits per heavy atom. The molecule has 0 radical (unpaired) electrons. The number of nitrogens with zero attached hydrogens (tertiary/aromatic N) is 1. The molecule has 0 saturated heterocycles. The van der Waals surface area contributed by atoms with Crippen molar-refractivity contribution in [2.24, 2.45) is 0 Å². The zero-order chi connectivity index (χ0) is 15.4. The van der Waals surface area contributed by atoms with Crippen LogP contribution in [0.1, 0.15) is 11.1 Å². The minimum Gasteiger partial charge on any atom is -0.350 e. The van der Waals surface area contributed by atoms with E-state index in [0.29, 0.717) is 21.6 Å². The molecule has 2 aromatic rings. The lowest BCUT2D eigenvalue weighted by Crippen LogP contribution is -2.27. The lowest BCUT2D eigenvalue weighted by atomic mass is 10.2. The van der Waals surface area contributed by atoms with Crippen LogP contribution in [-0.2, 0) is 17.9 Å². The van der Waals surface area contributed by atoms with Crippen LogP contribution >= 0.6 is 27.5 Å². The summed E-state index contributed by atoms with van der Waals surface area (Å²) in [6.07, 6.45) is 3.26. The SMILES string of the molecule is Cc1cn(CC(=O)NCc2cccc(Cl)c2)cc(Br)c1=O. The Bertz CT molecular complexity index is 702. The van der Waals surface area contributed by atoms with Crippen molar-refractivity contribution < 1.29 is 4.79 Å². The van der Waals surface area contributed by atoms with Crippen molar-refractivity contribution in [3.8, 4) is 0 Å². The first-order valence-corrected chi connectivity index (χ1v) is 7.50. The maximum Gasteiger partial charge on any atom is 0.240 e. The van der Waals surface area contributed by atoms with Crippen LogP contribution in [0, 0.1) is 6.92 Å². The third-order valence-electron chi connectivity index (χ3n) is 2.92. The quantitative estimate of drug-likeness (QED) is 0.901. The molecule has 0 saturated carbocycles. The van der Waals surface area contributed by atoms with E-state index in [2.05, 4.69) is 21.2 Å². The number of aromatic nitrogens is 1. The second-order valence-electron chi connectivity index (χ2n) is 4.70. The van der Waals surface area contributed by atoms with Gasteiger partial charge in [-0.3, -0.25) is 9.59 Å². The van der Waals surface area contributed by atoms with Crippen molar-refractivity contribution in [2.45, 2.75) is 20.0 Å². The van der Waals surface area contributed by atoms with Gasteiger partial charge in [0.25, 0.3) is 0 Å². The second-order valence-corrected chi connectivity index (χ2v) is 5.99. The first-order chi connectivity index (χ1) is 9.95. The Morgan fingerprint density at radius 2 is 2.14 bits per heavy atom. The van der Waals surface area contributed by atoms with Crippen LogP contribution in [-0.4, -0.2) is 10.5 Å². The molecule has 1 heterocycles. The Balaban J connectivity index is 1.97. The molecule has 1 amide bonds. The molecule has 0 aliphatic rings. The van der Waals surface area contributed by atoms with E-state index in [1.807, 2.05) is 18.2 Å². The molecule has 0 aliphatic heterocycles. The topological polar surface area (TPSA) is 51.1 Å². The van der Waals surface area contributed by atoms with Crippen LogP contribution in [0.15, 0.2) is 45.9 Å². The molecule has 0 aliphatic carbocycles. The maximum atomic E-state index is 11.9. The van der Waals surface area contributed by atoms with Crippen LogP contribution in [0.3, 0.4) is 0 Å². The van der Waals surface area contributed by atoms with Crippen LogP contribution in [0.5, 0.6) is 0 Å². The fourth-order valence-electron chi connectivity index (χ4n) is 1.90. The van der Waals surface area contributed by atoms with Crippen LogP contribution in [0.2, 0.25) is 5.02 Å². The summed E-state index contributed by atoms with van der Waals surface area (Å²) in [4.78, 5) is 23.5. The molecule has 0 atom stereocenters. The standard InChI is InChI=1S/C15H14BrClN2O2/c1-10-7-19(8-13(16)15(10)21)9-14(20)18-6-11-3-2-4-12(17)5-11/h2-5,7-8H,6,9H2,1H3,(H,18,20). The van der Waals surface area contributed by atoms with E-state index >= 15 is 0 Å². The summed E-state index contributed by atoms with van der Waals surface area (Å²) >= 11 is 9.08. The van der Waals surface area contributed by atoms with E-state index in [9.17, 15) is 9.59 Å². The van der Waals surface area contributed by atoms with Crippen LogP contribution in [0.4, 0.5) is 0 Å². The molecule has 0 bridgehead atoms. The van der Waals surface area contributed by atoms with Crippen molar-refractivity contribution in [1.82, 2.24) is 9.88 Å². The average Bonchev–Trinajstić information content (AvgIpc) is 2.42. The number of carbonyl (C=O) groups excluding carboxylic acids is 1. The number of pyridine rings is 1. The molecule has 1 aromatic heterocycles. The monoisotopic (exact) mass is 368 g/mol. The minimum atomic E-state index is -0.134. The zero-order valence-corrected chi connectivity index (χ0v) is 13.7. The third kappa shape index (κ3) is 4.44. The number of hydrogen-bond donors (Lipinski definition) is 1. The van der Waals surface area contributed by atoms with Gasteiger partial charge in [0.15, 0.2) is 5.43 Å². The number of halogens is 2. The molecule has 1 N–H and O–H groups in total. The number of aryl methyl sites for hydroxylation is 1. The second kappa shape index (κ2) is 6.91. The summed E-state index contributed by atoms with van der Waals surface area (Å²) < 4.78 is 2.12. The summed E-state index contributed by atoms with van der Waals surface area (Å²) in [7, 11) is 0. The maximum absolute atomic E-state index is 11.9. The van der Waals surface area contributed by atoms with Gasteiger partial charge in [0.2, 0.25) is 5.91 Å². The molecule has 0 unspecified atom stereocenters. The van der Waals surface area contributed by atoms with Gasteiger partial charge in [-0.25, -0.2) is 0 Å². The fraction of sp³-hybridized carbons (Fsp3) is 0.200. The number of hydrogen-bond acceptors (Lipinski definition) is 2. The molecule has 0 spiro atoms. The highest BCUT2D eigenvalue weighted by molar-refractivity contribution is 9.10. The normalized spacial score (nSPS) is 10.4. The number of benzene rings is 1. The summed E-state index contributed by atoms with van der Waals surface area (Å²) in [5.41, 5.74) is 1.46. The van der Waals surface area contributed by atoms with Gasteiger partial charge < -0.3 is 9.88 Å². The Labute approximate surface area is 135 Å². The van der Waals surface area contributed by atoms with Crippen molar-refractivity contribution >= 4 is 33.4 Å². The van der Waals surface area contributed by atoms with Crippen molar-refractivity contribution in [3.63, 3.8) is 0 Å². The summed E-state index contributed by atoms with van der Waals surface area (Å²) in [5.74, 6) is -0.134. The highest BCUT2D eigenvalue weighted by atomic mass is 79.9. The molecule has 0 fully saturated rings. The Morgan fingerprint density at radius 1 is 1.38 bits per heavy atom. The van der Waals surface area contributed by atoms with E-state index in [0.717, 1.165) is 5.56 Å². The Hall–Kier alpha value is -1.59. The summed E-state index contributed by atoms with van der Waals surface area (Å²) in [5, 5.41) is 3.46. The van der Waals surface area contributed by atoms with Crippen molar-refractivity contribution in [3.05, 3.63) is 67.5 Å². The molecular weight excluding hydrogens is 356 g/mol. The lowest BCUT2D eigenvalue weighted by molar-refractivity contribution is -0.121. The van der Waals surface area contributed by atoms with Gasteiger partial charge >= 0.3 is 0 Å². The van der Waals surface area contributed by atoms with Crippen LogP contribution in [0.25, 0.3) is 0 Å². The smallest absolute Gasteiger partial charge is 0.240 e. The first kappa shape index (κ1) is 15.8. The van der Waals surface area contributed by atoms with Crippen molar-refractivity contribution in [2.75, 3.05) is 0 Å². The molecule has 4 nitrogen and oxygen atoms in total. The van der Waals surface area contributed by atoms with E-state index < -0.39 is 0 Å². The zero-order valence-electron chi connectivity index (χ0n) is 11.4. The molecule has 21 heavy (non-hydrogen) atoms. The highest BCUT2D eigenvalue weighted by Crippen LogP contribution is 2.10. The van der Waals surface area contributed by atoms with E-state index in [1.54, 1.807) is 30.0 Å².